The summed E-state index contributed by atoms with van der Waals surface area (Å²) in [6.07, 6.45) is 2.52. The van der Waals surface area contributed by atoms with E-state index in [2.05, 4.69) is 22.9 Å². The summed E-state index contributed by atoms with van der Waals surface area (Å²) in [5, 5.41) is 17.2. The first-order valence-corrected chi connectivity index (χ1v) is 10.7. The summed E-state index contributed by atoms with van der Waals surface area (Å²) >= 11 is 0. The molecule has 0 amide bonds. The predicted octanol–water partition coefficient (Wildman–Crippen LogP) is 4.33. The van der Waals surface area contributed by atoms with Gasteiger partial charge in [-0.3, -0.25) is 4.79 Å². The third kappa shape index (κ3) is 3.22. The Morgan fingerprint density at radius 2 is 1.52 bits per heavy atom. The van der Waals surface area contributed by atoms with Gasteiger partial charge in [0.25, 0.3) is 5.56 Å². The molecule has 0 saturated carbocycles. The molecule has 0 fully saturated rings. The van der Waals surface area contributed by atoms with Crippen molar-refractivity contribution < 1.29 is 9.90 Å². The molecule has 1 atom stereocenters. The maximum atomic E-state index is 13.5. The fraction of sp³-hybridized carbons (Fsp3) is 0.148. The topological polar surface area (TPSA) is 77.1 Å². The summed E-state index contributed by atoms with van der Waals surface area (Å²) in [7, 11) is 2.00. The molecule has 6 nitrogen and oxygen atoms in total. The lowest BCUT2D eigenvalue weighted by molar-refractivity contribution is -0.145. The zero-order valence-corrected chi connectivity index (χ0v) is 18.4. The van der Waals surface area contributed by atoms with Crippen molar-refractivity contribution in [3.63, 3.8) is 0 Å². The highest BCUT2D eigenvalue weighted by molar-refractivity contribution is 5.88. The van der Waals surface area contributed by atoms with Crippen molar-refractivity contribution >= 4 is 27.6 Å². The summed E-state index contributed by atoms with van der Waals surface area (Å²) in [5.41, 5.74) is 1.22. The number of para-hydroxylation sites is 1. The second kappa shape index (κ2) is 7.74. The highest BCUT2D eigenvalue weighted by Crippen LogP contribution is 2.28. The first kappa shape index (κ1) is 20.7. The molecule has 6 heteroatoms. The Kier molecular flexibility index (Phi) is 4.86. The predicted molar refractivity (Wildman–Crippen MR) is 129 cm³/mol. The number of benzene rings is 3. The first-order chi connectivity index (χ1) is 15.9. The van der Waals surface area contributed by atoms with Crippen LogP contribution in [0.1, 0.15) is 23.7 Å². The molecule has 0 aliphatic carbocycles. The SMILES string of the molecule is Cn1cc(Cc2nn(C(C)(C(=O)O)c3ccccc3)c(=O)c3ccccc23)c2ccccc21. The van der Waals surface area contributed by atoms with Gasteiger partial charge in [-0.25, -0.2) is 9.48 Å². The van der Waals surface area contributed by atoms with Gasteiger partial charge in [-0.1, -0.05) is 66.7 Å². The van der Waals surface area contributed by atoms with Gasteiger partial charge in [0, 0.05) is 36.0 Å². The molecule has 33 heavy (non-hydrogen) atoms. The maximum absolute atomic E-state index is 13.5. The van der Waals surface area contributed by atoms with Crippen molar-refractivity contribution in [3.05, 3.63) is 112 Å². The fourth-order valence-electron chi connectivity index (χ4n) is 4.53. The van der Waals surface area contributed by atoms with Gasteiger partial charge in [-0.05, 0) is 30.2 Å². The second-order valence-electron chi connectivity index (χ2n) is 8.41. The van der Waals surface area contributed by atoms with E-state index in [-0.39, 0.29) is 0 Å². The lowest BCUT2D eigenvalue weighted by Gasteiger charge is -2.27. The van der Waals surface area contributed by atoms with E-state index < -0.39 is 17.1 Å². The van der Waals surface area contributed by atoms with Crippen LogP contribution in [0.5, 0.6) is 0 Å². The molecule has 1 N–H and O–H groups in total. The number of carboxylic acid groups (broad SMARTS) is 1. The van der Waals surface area contributed by atoms with E-state index >= 15 is 0 Å². The Bertz CT molecular complexity index is 1570. The third-order valence-electron chi connectivity index (χ3n) is 6.39. The van der Waals surface area contributed by atoms with Crippen LogP contribution in [-0.2, 0) is 23.8 Å². The van der Waals surface area contributed by atoms with Gasteiger partial charge in [0.15, 0.2) is 5.54 Å². The van der Waals surface area contributed by atoms with E-state index in [1.807, 2.05) is 37.4 Å². The van der Waals surface area contributed by atoms with Gasteiger partial charge in [-0.15, -0.1) is 0 Å². The highest BCUT2D eigenvalue weighted by Gasteiger charge is 2.40. The standard InChI is InChI=1S/C27H23N3O3/c1-27(26(32)33,19-10-4-3-5-11-19)30-25(31)22-14-7-6-13-21(22)23(28-30)16-18-17-29(2)24-15-9-8-12-20(18)24/h3-15,17H,16H2,1-2H3,(H,32,33). The minimum atomic E-state index is -1.66. The summed E-state index contributed by atoms with van der Waals surface area (Å²) in [6, 6.07) is 24.1. The number of aryl methyl sites for hydroxylation is 1. The van der Waals surface area contributed by atoms with Crippen LogP contribution < -0.4 is 5.56 Å². The van der Waals surface area contributed by atoms with Crippen LogP contribution >= 0.6 is 0 Å². The normalized spacial score (nSPS) is 13.3. The van der Waals surface area contributed by atoms with Crippen molar-refractivity contribution in [2.75, 3.05) is 0 Å². The monoisotopic (exact) mass is 437 g/mol. The fourth-order valence-corrected chi connectivity index (χ4v) is 4.53. The first-order valence-electron chi connectivity index (χ1n) is 10.7. The molecule has 5 aromatic rings. The van der Waals surface area contributed by atoms with Crippen molar-refractivity contribution in [2.45, 2.75) is 18.9 Å². The molecule has 1 unspecified atom stereocenters. The number of hydrogen-bond donors (Lipinski definition) is 1. The largest absolute Gasteiger partial charge is 0.479 e. The van der Waals surface area contributed by atoms with Crippen molar-refractivity contribution in [1.82, 2.24) is 14.3 Å². The smallest absolute Gasteiger partial charge is 0.336 e. The van der Waals surface area contributed by atoms with Crippen LogP contribution in [-0.4, -0.2) is 25.4 Å². The molecule has 2 heterocycles. The molecule has 0 aliphatic heterocycles. The zero-order valence-electron chi connectivity index (χ0n) is 18.4. The van der Waals surface area contributed by atoms with E-state index in [0.29, 0.717) is 23.1 Å². The average Bonchev–Trinajstić information content (AvgIpc) is 3.16. The molecule has 0 radical (unpaired) electrons. The van der Waals surface area contributed by atoms with E-state index in [0.717, 1.165) is 26.5 Å². The van der Waals surface area contributed by atoms with Crippen molar-refractivity contribution in [1.29, 1.82) is 0 Å². The quantitative estimate of drug-likeness (QED) is 0.444. The van der Waals surface area contributed by atoms with Gasteiger partial charge >= 0.3 is 5.97 Å². The molecular weight excluding hydrogens is 414 g/mol. The highest BCUT2D eigenvalue weighted by atomic mass is 16.4. The number of aliphatic carboxylic acids is 1. The summed E-state index contributed by atoms with van der Waals surface area (Å²) < 4.78 is 3.20. The number of fused-ring (bicyclic) bond motifs is 2. The van der Waals surface area contributed by atoms with E-state index in [4.69, 9.17) is 5.10 Å². The molecule has 0 bridgehead atoms. The molecule has 0 spiro atoms. The van der Waals surface area contributed by atoms with E-state index in [9.17, 15) is 14.7 Å². The van der Waals surface area contributed by atoms with E-state index in [1.165, 1.54) is 6.92 Å². The molecular formula is C27H23N3O3. The van der Waals surface area contributed by atoms with Crippen LogP contribution in [0.15, 0.2) is 89.9 Å². The van der Waals surface area contributed by atoms with Crippen LogP contribution in [0.4, 0.5) is 0 Å². The number of hydrogen-bond acceptors (Lipinski definition) is 3. The van der Waals surface area contributed by atoms with Gasteiger partial charge in [0.05, 0.1) is 11.1 Å². The minimum absolute atomic E-state index is 0.430. The van der Waals surface area contributed by atoms with Crippen LogP contribution in [0.25, 0.3) is 21.7 Å². The number of carboxylic acids is 1. The Balaban J connectivity index is 1.78. The van der Waals surface area contributed by atoms with E-state index in [1.54, 1.807) is 36.4 Å². The summed E-state index contributed by atoms with van der Waals surface area (Å²) in [4.78, 5) is 26.1. The van der Waals surface area contributed by atoms with Crippen molar-refractivity contribution in [3.8, 4) is 0 Å². The number of carbonyl (C=O) groups is 1. The van der Waals surface area contributed by atoms with Gasteiger partial charge in [0.1, 0.15) is 0 Å². The van der Waals surface area contributed by atoms with Crippen molar-refractivity contribution in [2.24, 2.45) is 7.05 Å². The maximum Gasteiger partial charge on any atom is 0.336 e. The molecule has 2 aromatic heterocycles. The lowest BCUT2D eigenvalue weighted by atomic mass is 9.92. The minimum Gasteiger partial charge on any atom is -0.479 e. The van der Waals surface area contributed by atoms with Crippen LogP contribution in [0.3, 0.4) is 0 Å². The number of rotatable bonds is 5. The van der Waals surface area contributed by atoms with Gasteiger partial charge in [-0.2, -0.15) is 5.10 Å². The third-order valence-corrected chi connectivity index (χ3v) is 6.39. The van der Waals surface area contributed by atoms with Gasteiger partial charge in [0.2, 0.25) is 0 Å². The molecule has 164 valence electrons. The Morgan fingerprint density at radius 1 is 0.909 bits per heavy atom. The molecule has 5 rings (SSSR count). The zero-order chi connectivity index (χ0) is 23.2. The molecule has 0 aliphatic rings. The molecule has 3 aromatic carbocycles. The Morgan fingerprint density at radius 3 is 2.21 bits per heavy atom. The second-order valence-corrected chi connectivity index (χ2v) is 8.41. The average molecular weight is 437 g/mol. The number of aromatic nitrogens is 3. The van der Waals surface area contributed by atoms with Gasteiger partial charge < -0.3 is 9.67 Å². The van der Waals surface area contributed by atoms with Crippen LogP contribution in [0, 0.1) is 0 Å². The summed E-state index contributed by atoms with van der Waals surface area (Å²) in [5.74, 6) is -1.14. The molecule has 0 saturated heterocycles. The Hall–Kier alpha value is -4.19. The summed E-state index contributed by atoms with van der Waals surface area (Å²) in [6.45, 7) is 1.52. The lowest BCUT2D eigenvalue weighted by Crippen LogP contribution is -2.47. The Labute approximate surface area is 190 Å². The number of nitrogens with zero attached hydrogens (tertiary/aromatic N) is 3. The van der Waals surface area contributed by atoms with Crippen LogP contribution in [0.2, 0.25) is 0 Å².